The van der Waals surface area contributed by atoms with Gasteiger partial charge >= 0.3 is 0 Å². The van der Waals surface area contributed by atoms with Crippen LogP contribution < -0.4 is 5.32 Å². The van der Waals surface area contributed by atoms with E-state index in [9.17, 15) is 4.39 Å². The molecule has 3 heteroatoms. The van der Waals surface area contributed by atoms with E-state index < -0.39 is 0 Å². The lowest BCUT2D eigenvalue weighted by Gasteiger charge is -2.39. The SMILES string of the molecule is CC1CN(C(C)c2ccccc2F)CC(C)N1. The molecule has 1 fully saturated rings. The summed E-state index contributed by atoms with van der Waals surface area (Å²) in [6, 6.07) is 8.15. The number of rotatable bonds is 2. The molecule has 1 aliphatic rings. The second-order valence-electron chi connectivity index (χ2n) is 5.12. The van der Waals surface area contributed by atoms with Gasteiger partial charge in [-0.1, -0.05) is 18.2 Å². The lowest BCUT2D eigenvalue weighted by molar-refractivity contribution is 0.129. The molecule has 1 aliphatic heterocycles. The van der Waals surface area contributed by atoms with Gasteiger partial charge in [0, 0.05) is 36.8 Å². The summed E-state index contributed by atoms with van der Waals surface area (Å²) in [4.78, 5) is 2.35. The molecule has 2 nitrogen and oxygen atoms in total. The van der Waals surface area contributed by atoms with Crippen molar-refractivity contribution in [2.75, 3.05) is 13.1 Å². The summed E-state index contributed by atoms with van der Waals surface area (Å²) in [7, 11) is 0. The lowest BCUT2D eigenvalue weighted by Crippen LogP contribution is -2.54. The van der Waals surface area contributed by atoms with Gasteiger partial charge in [0.05, 0.1) is 0 Å². The quantitative estimate of drug-likeness (QED) is 0.849. The van der Waals surface area contributed by atoms with Crippen LogP contribution >= 0.6 is 0 Å². The van der Waals surface area contributed by atoms with Crippen LogP contribution in [-0.2, 0) is 0 Å². The molecule has 0 aliphatic carbocycles. The summed E-state index contributed by atoms with van der Waals surface area (Å²) in [5, 5.41) is 3.49. The number of benzene rings is 1. The molecule has 1 aromatic rings. The molecule has 0 saturated carbocycles. The molecule has 1 N–H and O–H groups in total. The molecule has 0 amide bonds. The van der Waals surface area contributed by atoms with Crippen molar-refractivity contribution in [1.82, 2.24) is 10.2 Å². The van der Waals surface area contributed by atoms with Crippen LogP contribution in [0.4, 0.5) is 4.39 Å². The summed E-state index contributed by atoms with van der Waals surface area (Å²) in [6.07, 6.45) is 0. The molecular weight excluding hydrogens is 215 g/mol. The van der Waals surface area contributed by atoms with E-state index in [4.69, 9.17) is 0 Å². The average molecular weight is 236 g/mol. The summed E-state index contributed by atoms with van der Waals surface area (Å²) >= 11 is 0. The van der Waals surface area contributed by atoms with Crippen molar-refractivity contribution < 1.29 is 4.39 Å². The van der Waals surface area contributed by atoms with Crippen LogP contribution in [0.1, 0.15) is 32.4 Å². The highest BCUT2D eigenvalue weighted by Gasteiger charge is 2.26. The highest BCUT2D eigenvalue weighted by atomic mass is 19.1. The lowest BCUT2D eigenvalue weighted by atomic mass is 10.0. The topological polar surface area (TPSA) is 15.3 Å². The normalized spacial score (nSPS) is 28.0. The van der Waals surface area contributed by atoms with E-state index >= 15 is 0 Å². The van der Waals surface area contributed by atoms with E-state index in [0.717, 1.165) is 18.7 Å². The number of hydrogen-bond donors (Lipinski definition) is 1. The zero-order valence-corrected chi connectivity index (χ0v) is 10.8. The largest absolute Gasteiger partial charge is 0.309 e. The molecule has 1 aromatic carbocycles. The van der Waals surface area contributed by atoms with Crippen molar-refractivity contribution in [2.24, 2.45) is 0 Å². The minimum atomic E-state index is -0.0983. The number of nitrogens with one attached hydrogen (secondary N) is 1. The van der Waals surface area contributed by atoms with Gasteiger partial charge in [0.2, 0.25) is 0 Å². The van der Waals surface area contributed by atoms with E-state index in [1.165, 1.54) is 0 Å². The standard InChI is InChI=1S/C14H21FN2/c1-10-8-17(9-11(2)16-10)12(3)13-6-4-5-7-14(13)15/h4-7,10-12,16H,8-9H2,1-3H3. The second-order valence-corrected chi connectivity index (χ2v) is 5.12. The molecule has 1 heterocycles. The fourth-order valence-corrected chi connectivity index (χ4v) is 2.70. The van der Waals surface area contributed by atoms with Gasteiger partial charge in [0.25, 0.3) is 0 Å². The average Bonchev–Trinajstić information content (AvgIpc) is 2.27. The third kappa shape index (κ3) is 2.85. The van der Waals surface area contributed by atoms with Gasteiger partial charge in [0.1, 0.15) is 5.82 Å². The minimum absolute atomic E-state index is 0.0983. The zero-order valence-electron chi connectivity index (χ0n) is 10.8. The van der Waals surface area contributed by atoms with Gasteiger partial charge in [-0.2, -0.15) is 0 Å². The molecule has 0 aromatic heterocycles. The van der Waals surface area contributed by atoms with Gasteiger partial charge in [-0.3, -0.25) is 4.90 Å². The Morgan fingerprint density at radius 2 is 1.82 bits per heavy atom. The Morgan fingerprint density at radius 3 is 2.41 bits per heavy atom. The Kier molecular flexibility index (Phi) is 3.79. The van der Waals surface area contributed by atoms with Crippen LogP contribution in [0.15, 0.2) is 24.3 Å². The Morgan fingerprint density at radius 1 is 1.24 bits per heavy atom. The Balaban J connectivity index is 2.14. The number of piperazine rings is 1. The minimum Gasteiger partial charge on any atom is -0.309 e. The van der Waals surface area contributed by atoms with Crippen LogP contribution in [-0.4, -0.2) is 30.1 Å². The predicted octanol–water partition coefficient (Wildman–Crippen LogP) is 2.57. The molecule has 3 atom stereocenters. The summed E-state index contributed by atoms with van der Waals surface area (Å²) in [6.45, 7) is 8.39. The van der Waals surface area contributed by atoms with E-state index in [0.29, 0.717) is 12.1 Å². The molecule has 0 bridgehead atoms. The third-order valence-electron chi connectivity index (χ3n) is 3.49. The highest BCUT2D eigenvalue weighted by Crippen LogP contribution is 2.24. The molecule has 94 valence electrons. The number of hydrogen-bond acceptors (Lipinski definition) is 2. The van der Waals surface area contributed by atoms with Crippen molar-refractivity contribution in [1.29, 1.82) is 0 Å². The third-order valence-corrected chi connectivity index (χ3v) is 3.49. The Hall–Kier alpha value is -0.930. The maximum Gasteiger partial charge on any atom is 0.127 e. The molecule has 0 spiro atoms. The predicted molar refractivity (Wildman–Crippen MR) is 68.4 cm³/mol. The maximum absolute atomic E-state index is 13.7. The van der Waals surface area contributed by atoms with Crippen LogP contribution in [0.3, 0.4) is 0 Å². The van der Waals surface area contributed by atoms with Crippen molar-refractivity contribution in [3.05, 3.63) is 35.6 Å². The monoisotopic (exact) mass is 236 g/mol. The van der Waals surface area contributed by atoms with Crippen LogP contribution in [0.5, 0.6) is 0 Å². The van der Waals surface area contributed by atoms with Gasteiger partial charge in [-0.25, -0.2) is 4.39 Å². The summed E-state index contributed by atoms with van der Waals surface area (Å²) < 4.78 is 13.7. The first-order chi connectivity index (χ1) is 8.08. The number of halogens is 1. The van der Waals surface area contributed by atoms with Gasteiger partial charge in [0.15, 0.2) is 0 Å². The summed E-state index contributed by atoms with van der Waals surface area (Å²) in [5.41, 5.74) is 0.800. The van der Waals surface area contributed by atoms with E-state index in [2.05, 4.69) is 31.0 Å². The van der Waals surface area contributed by atoms with Crippen LogP contribution in [0, 0.1) is 5.82 Å². The van der Waals surface area contributed by atoms with E-state index in [1.807, 2.05) is 12.1 Å². The van der Waals surface area contributed by atoms with Crippen molar-refractivity contribution in [3.8, 4) is 0 Å². The molecular formula is C14H21FN2. The first kappa shape index (κ1) is 12.5. The van der Waals surface area contributed by atoms with E-state index in [1.54, 1.807) is 12.1 Å². The Bertz CT molecular complexity index is 370. The number of nitrogens with zero attached hydrogens (tertiary/aromatic N) is 1. The molecule has 3 unspecified atom stereocenters. The van der Waals surface area contributed by atoms with Gasteiger partial charge in [-0.05, 0) is 26.8 Å². The first-order valence-electron chi connectivity index (χ1n) is 6.32. The van der Waals surface area contributed by atoms with Gasteiger partial charge < -0.3 is 5.32 Å². The summed E-state index contributed by atoms with van der Waals surface area (Å²) in [5.74, 6) is -0.0983. The fraction of sp³-hybridized carbons (Fsp3) is 0.571. The maximum atomic E-state index is 13.7. The van der Waals surface area contributed by atoms with E-state index in [-0.39, 0.29) is 11.9 Å². The van der Waals surface area contributed by atoms with Crippen molar-refractivity contribution in [3.63, 3.8) is 0 Å². The van der Waals surface area contributed by atoms with Gasteiger partial charge in [-0.15, -0.1) is 0 Å². The first-order valence-corrected chi connectivity index (χ1v) is 6.32. The molecule has 2 rings (SSSR count). The fourth-order valence-electron chi connectivity index (χ4n) is 2.70. The zero-order chi connectivity index (χ0) is 12.4. The Labute approximate surface area is 103 Å². The molecule has 17 heavy (non-hydrogen) atoms. The molecule has 0 radical (unpaired) electrons. The highest BCUT2D eigenvalue weighted by molar-refractivity contribution is 5.21. The van der Waals surface area contributed by atoms with Crippen LogP contribution in [0.25, 0.3) is 0 Å². The van der Waals surface area contributed by atoms with Crippen molar-refractivity contribution >= 4 is 0 Å². The smallest absolute Gasteiger partial charge is 0.127 e. The van der Waals surface area contributed by atoms with Crippen molar-refractivity contribution in [2.45, 2.75) is 38.9 Å². The molecule has 1 saturated heterocycles. The second kappa shape index (κ2) is 5.15. The van der Waals surface area contributed by atoms with Crippen LogP contribution in [0.2, 0.25) is 0 Å².